The molecule has 5 aromatic rings. The number of pyridine rings is 1. The number of nitrogens with two attached hydrogens (primary N) is 1. The first kappa shape index (κ1) is 23.7. The van der Waals surface area contributed by atoms with Gasteiger partial charge in [0, 0.05) is 53.0 Å². The first-order valence-corrected chi connectivity index (χ1v) is 13.0. The van der Waals surface area contributed by atoms with Gasteiger partial charge in [-0.05, 0) is 79.9 Å². The maximum Gasteiger partial charge on any atom is 0.144 e. The minimum absolute atomic E-state index is 0.292. The van der Waals surface area contributed by atoms with E-state index in [0.29, 0.717) is 5.92 Å². The molecule has 0 aliphatic heterocycles. The highest BCUT2D eigenvalue weighted by Gasteiger charge is 2.23. The first-order valence-electron chi connectivity index (χ1n) is 13.0. The number of hydrogen-bond donors (Lipinski definition) is 1. The van der Waals surface area contributed by atoms with Crippen LogP contribution in [0.5, 0.6) is 0 Å². The highest BCUT2D eigenvalue weighted by atomic mass is 15.1. The van der Waals surface area contributed by atoms with Crippen molar-refractivity contribution in [2.45, 2.75) is 33.1 Å². The van der Waals surface area contributed by atoms with Gasteiger partial charge >= 0.3 is 0 Å². The van der Waals surface area contributed by atoms with Crippen molar-refractivity contribution in [3.63, 3.8) is 0 Å². The Bertz CT molecular complexity index is 1730. The molecule has 0 saturated heterocycles. The van der Waals surface area contributed by atoms with Crippen molar-refractivity contribution in [3.8, 4) is 17.1 Å². The molecular weight excluding hydrogens is 466 g/mol. The van der Waals surface area contributed by atoms with Crippen LogP contribution in [-0.4, -0.2) is 19.1 Å². The summed E-state index contributed by atoms with van der Waals surface area (Å²) in [4.78, 5) is 9.04. The third-order valence-corrected chi connectivity index (χ3v) is 7.55. The van der Waals surface area contributed by atoms with Gasteiger partial charge in [-0.1, -0.05) is 48.5 Å². The van der Waals surface area contributed by atoms with Crippen molar-refractivity contribution in [2.24, 2.45) is 5.73 Å². The molecule has 0 fully saturated rings. The van der Waals surface area contributed by atoms with Crippen LogP contribution in [0.1, 0.15) is 43.0 Å². The predicted molar refractivity (Wildman–Crippen MR) is 157 cm³/mol. The number of imidazole rings is 1. The second-order valence-corrected chi connectivity index (χ2v) is 9.97. The molecule has 1 aliphatic carbocycles. The van der Waals surface area contributed by atoms with Gasteiger partial charge in [0.15, 0.2) is 0 Å². The molecule has 5 heteroatoms. The molecule has 0 saturated carbocycles. The van der Waals surface area contributed by atoms with E-state index in [9.17, 15) is 0 Å². The quantitative estimate of drug-likeness (QED) is 0.274. The second kappa shape index (κ2) is 9.67. The third-order valence-electron chi connectivity index (χ3n) is 7.55. The number of aryl methyl sites for hydroxylation is 1. The monoisotopic (exact) mass is 497 g/mol. The number of rotatable bonds is 5. The van der Waals surface area contributed by atoms with Gasteiger partial charge in [0.2, 0.25) is 0 Å². The molecule has 0 radical (unpaired) electrons. The van der Waals surface area contributed by atoms with Crippen LogP contribution in [0.2, 0.25) is 0 Å². The number of hydrogen-bond acceptors (Lipinski definition) is 3. The molecule has 0 spiro atoms. The van der Waals surface area contributed by atoms with Crippen LogP contribution in [0, 0.1) is 6.92 Å². The van der Waals surface area contributed by atoms with Crippen LogP contribution in [-0.2, 0) is 0 Å². The summed E-state index contributed by atoms with van der Waals surface area (Å²) < 4.78 is 4.52. The summed E-state index contributed by atoms with van der Waals surface area (Å²) in [7, 11) is 0. The molecule has 0 bridgehead atoms. The fourth-order valence-electron chi connectivity index (χ4n) is 5.87. The standard InChI is InChI=1S/C33H31N5/c1-22-18-27(19-23(2)32(22)37-17-16-36-33(37)25-8-5-4-6-9-25)26-10-7-11-28(20-26)38-30(12-14-34)24(3)29-21-35-15-13-31(29)38/h4-18,20-21,27H,19,34H2,1-3H3/b14-12-. The molecule has 1 unspecified atom stereocenters. The summed E-state index contributed by atoms with van der Waals surface area (Å²) in [5.74, 6) is 1.26. The fourth-order valence-corrected chi connectivity index (χ4v) is 5.87. The van der Waals surface area contributed by atoms with Gasteiger partial charge in [-0.25, -0.2) is 4.98 Å². The summed E-state index contributed by atoms with van der Waals surface area (Å²) in [6, 6.07) is 21.3. The summed E-state index contributed by atoms with van der Waals surface area (Å²) in [6.07, 6.45) is 14.7. The number of allylic oxidation sites excluding steroid dienone is 4. The molecule has 38 heavy (non-hydrogen) atoms. The average Bonchev–Trinajstić information content (AvgIpc) is 3.52. The molecule has 2 N–H and O–H groups in total. The van der Waals surface area contributed by atoms with E-state index >= 15 is 0 Å². The van der Waals surface area contributed by atoms with Gasteiger partial charge in [-0.3, -0.25) is 9.55 Å². The Balaban J connectivity index is 1.39. The van der Waals surface area contributed by atoms with Gasteiger partial charge in [0.1, 0.15) is 5.82 Å². The Labute approximate surface area is 223 Å². The van der Waals surface area contributed by atoms with Crippen molar-refractivity contribution in [2.75, 3.05) is 0 Å². The molecule has 1 aliphatic rings. The summed E-state index contributed by atoms with van der Waals surface area (Å²) in [5, 5.41) is 1.14. The van der Waals surface area contributed by atoms with Crippen molar-refractivity contribution >= 4 is 22.7 Å². The van der Waals surface area contributed by atoms with E-state index < -0.39 is 0 Å². The van der Waals surface area contributed by atoms with E-state index in [1.807, 2.05) is 30.7 Å². The lowest BCUT2D eigenvalue weighted by molar-refractivity contribution is 0.794. The molecule has 0 amide bonds. The van der Waals surface area contributed by atoms with E-state index in [0.717, 1.165) is 40.1 Å². The number of fused-ring (bicyclic) bond motifs is 1. The second-order valence-electron chi connectivity index (χ2n) is 9.97. The zero-order valence-electron chi connectivity index (χ0n) is 22.0. The van der Waals surface area contributed by atoms with Gasteiger partial charge in [-0.2, -0.15) is 0 Å². The minimum Gasteiger partial charge on any atom is -0.405 e. The summed E-state index contributed by atoms with van der Waals surface area (Å²) in [5.41, 5.74) is 16.6. The Hall–Kier alpha value is -4.64. The van der Waals surface area contributed by atoms with Crippen molar-refractivity contribution in [1.82, 2.24) is 19.1 Å². The van der Waals surface area contributed by atoms with Crippen LogP contribution in [0.3, 0.4) is 0 Å². The maximum absolute atomic E-state index is 5.85. The van der Waals surface area contributed by atoms with Crippen LogP contribution in [0.15, 0.2) is 109 Å². The van der Waals surface area contributed by atoms with Gasteiger partial charge < -0.3 is 10.3 Å². The minimum atomic E-state index is 0.292. The zero-order chi connectivity index (χ0) is 26.2. The molecule has 3 heterocycles. The van der Waals surface area contributed by atoms with Gasteiger partial charge in [0.05, 0.1) is 11.2 Å². The molecule has 5 nitrogen and oxygen atoms in total. The molecule has 3 aromatic heterocycles. The number of benzene rings is 2. The topological polar surface area (TPSA) is 61.7 Å². The number of nitrogens with zero attached hydrogens (tertiary/aromatic N) is 4. The first-order chi connectivity index (χ1) is 18.6. The highest BCUT2D eigenvalue weighted by Crippen LogP contribution is 2.39. The summed E-state index contributed by atoms with van der Waals surface area (Å²) in [6.45, 7) is 6.59. The lowest BCUT2D eigenvalue weighted by Gasteiger charge is -2.26. The molecule has 6 rings (SSSR count). The molecule has 2 aromatic carbocycles. The summed E-state index contributed by atoms with van der Waals surface area (Å²) >= 11 is 0. The van der Waals surface area contributed by atoms with E-state index in [4.69, 9.17) is 5.73 Å². The van der Waals surface area contributed by atoms with Crippen LogP contribution in [0.25, 0.3) is 39.8 Å². The SMILES string of the molecule is CC1=CC(c2cccc(-n3c(/C=C\N)c(C)c4cnccc43)c2)CC(C)=C1n1ccnc1-c1ccccc1. The van der Waals surface area contributed by atoms with Crippen molar-refractivity contribution < 1.29 is 0 Å². The Morgan fingerprint density at radius 2 is 1.82 bits per heavy atom. The lowest BCUT2D eigenvalue weighted by atomic mass is 9.84. The van der Waals surface area contributed by atoms with E-state index in [-0.39, 0.29) is 0 Å². The van der Waals surface area contributed by atoms with Gasteiger partial charge in [-0.15, -0.1) is 0 Å². The number of aromatic nitrogens is 4. The highest BCUT2D eigenvalue weighted by molar-refractivity contribution is 5.89. The maximum atomic E-state index is 5.85. The van der Waals surface area contributed by atoms with Crippen molar-refractivity contribution in [1.29, 1.82) is 0 Å². The Morgan fingerprint density at radius 1 is 0.974 bits per heavy atom. The lowest BCUT2D eigenvalue weighted by Crippen LogP contribution is -2.11. The normalized spacial score (nSPS) is 16.0. The fraction of sp³-hybridized carbons (Fsp3) is 0.152. The van der Waals surface area contributed by atoms with Crippen molar-refractivity contribution in [3.05, 3.63) is 126 Å². The van der Waals surface area contributed by atoms with Crippen LogP contribution in [0.4, 0.5) is 0 Å². The largest absolute Gasteiger partial charge is 0.405 e. The molecule has 188 valence electrons. The van der Waals surface area contributed by atoms with Crippen LogP contribution >= 0.6 is 0 Å². The van der Waals surface area contributed by atoms with Gasteiger partial charge in [0.25, 0.3) is 0 Å². The average molecular weight is 498 g/mol. The zero-order valence-corrected chi connectivity index (χ0v) is 22.0. The van der Waals surface area contributed by atoms with E-state index in [1.54, 1.807) is 6.20 Å². The Morgan fingerprint density at radius 3 is 2.61 bits per heavy atom. The molecular formula is C33H31N5. The van der Waals surface area contributed by atoms with E-state index in [2.05, 4.69) is 107 Å². The van der Waals surface area contributed by atoms with Crippen LogP contribution < -0.4 is 5.73 Å². The third kappa shape index (κ3) is 3.97. The Kier molecular flexibility index (Phi) is 6.04. The molecule has 1 atom stereocenters. The smallest absolute Gasteiger partial charge is 0.144 e. The van der Waals surface area contributed by atoms with E-state index in [1.165, 1.54) is 28.0 Å². The predicted octanol–water partition coefficient (Wildman–Crippen LogP) is 7.49.